The zero-order valence-electron chi connectivity index (χ0n) is 17.4. The third-order valence-corrected chi connectivity index (χ3v) is 12.0. The number of carbonyl (C=O) groups is 1. The van der Waals surface area contributed by atoms with Crippen LogP contribution in [-0.2, 0) is 23.1 Å². The van der Waals surface area contributed by atoms with E-state index in [1.165, 1.54) is 6.42 Å². The Kier molecular flexibility index (Phi) is 10.3. The SMILES string of the molecule is C=C(C)C(=O)OCCC[Si](C)(C)O[Si](C)(C)CCCOC1CCCCO1. The maximum Gasteiger partial charge on any atom is 0.333 e. The van der Waals surface area contributed by atoms with E-state index in [9.17, 15) is 4.79 Å². The first kappa shape index (κ1) is 23.6. The smallest absolute Gasteiger partial charge is 0.333 e. The number of hydrogen-bond acceptors (Lipinski definition) is 5. The lowest BCUT2D eigenvalue weighted by molar-refractivity contribution is -0.162. The highest BCUT2D eigenvalue weighted by Crippen LogP contribution is 2.24. The first-order valence-corrected chi connectivity index (χ1v) is 16.1. The van der Waals surface area contributed by atoms with Gasteiger partial charge in [-0.3, -0.25) is 0 Å². The summed E-state index contributed by atoms with van der Waals surface area (Å²) in [6.07, 6.45) is 5.26. The van der Waals surface area contributed by atoms with Crippen LogP contribution in [-0.4, -0.2) is 48.7 Å². The molecule has 0 aromatic heterocycles. The summed E-state index contributed by atoms with van der Waals surface area (Å²) in [5.74, 6) is -0.304. The van der Waals surface area contributed by atoms with E-state index in [0.717, 1.165) is 51.0 Å². The van der Waals surface area contributed by atoms with E-state index in [0.29, 0.717) is 12.2 Å². The molecule has 0 amide bonds. The van der Waals surface area contributed by atoms with E-state index < -0.39 is 16.6 Å². The monoisotopic (exact) mass is 402 g/mol. The van der Waals surface area contributed by atoms with Crippen molar-refractivity contribution in [1.29, 1.82) is 0 Å². The van der Waals surface area contributed by atoms with Gasteiger partial charge in [0, 0.05) is 18.8 Å². The van der Waals surface area contributed by atoms with Gasteiger partial charge in [-0.15, -0.1) is 0 Å². The summed E-state index contributed by atoms with van der Waals surface area (Å²) in [7, 11) is -3.45. The van der Waals surface area contributed by atoms with Gasteiger partial charge < -0.3 is 18.3 Å². The lowest BCUT2D eigenvalue weighted by atomic mass is 10.2. The largest absolute Gasteiger partial charge is 0.462 e. The molecule has 26 heavy (non-hydrogen) atoms. The van der Waals surface area contributed by atoms with Gasteiger partial charge >= 0.3 is 5.97 Å². The number of rotatable bonds is 12. The van der Waals surface area contributed by atoms with Crippen molar-refractivity contribution in [3.8, 4) is 0 Å². The molecule has 1 aliphatic heterocycles. The normalized spacial score (nSPS) is 18.6. The van der Waals surface area contributed by atoms with Gasteiger partial charge in [0.1, 0.15) is 0 Å². The van der Waals surface area contributed by atoms with Crippen molar-refractivity contribution in [3.05, 3.63) is 12.2 Å². The van der Waals surface area contributed by atoms with Crippen LogP contribution in [0, 0.1) is 0 Å². The van der Waals surface area contributed by atoms with Crippen LogP contribution in [0.2, 0.25) is 38.3 Å². The molecule has 1 saturated heterocycles. The second kappa shape index (κ2) is 11.4. The van der Waals surface area contributed by atoms with E-state index in [2.05, 4.69) is 32.8 Å². The Bertz CT molecular complexity index is 445. The van der Waals surface area contributed by atoms with Gasteiger partial charge in [0.15, 0.2) is 22.9 Å². The molecular weight excluding hydrogens is 364 g/mol. The molecule has 0 radical (unpaired) electrons. The summed E-state index contributed by atoms with van der Waals surface area (Å²) in [5.41, 5.74) is 0.451. The zero-order valence-corrected chi connectivity index (χ0v) is 19.4. The average Bonchev–Trinajstić information content (AvgIpc) is 2.55. The lowest BCUT2D eigenvalue weighted by Crippen LogP contribution is -2.44. The predicted molar refractivity (Wildman–Crippen MR) is 110 cm³/mol. The van der Waals surface area contributed by atoms with Crippen molar-refractivity contribution in [1.82, 2.24) is 0 Å². The minimum Gasteiger partial charge on any atom is -0.462 e. The summed E-state index contributed by atoms with van der Waals surface area (Å²) in [5, 5.41) is 0. The molecular formula is C19H38O5Si2. The summed E-state index contributed by atoms with van der Waals surface area (Å²) in [4.78, 5) is 11.4. The van der Waals surface area contributed by atoms with Crippen molar-refractivity contribution in [2.75, 3.05) is 19.8 Å². The molecule has 0 saturated carbocycles. The molecule has 1 rings (SSSR count). The van der Waals surface area contributed by atoms with Crippen LogP contribution in [0.3, 0.4) is 0 Å². The van der Waals surface area contributed by atoms with Crippen molar-refractivity contribution in [3.63, 3.8) is 0 Å². The summed E-state index contributed by atoms with van der Waals surface area (Å²) in [6, 6.07) is 2.10. The van der Waals surface area contributed by atoms with Crippen LogP contribution in [0.1, 0.15) is 39.0 Å². The third kappa shape index (κ3) is 10.6. The molecule has 5 nitrogen and oxygen atoms in total. The van der Waals surface area contributed by atoms with E-state index in [1.54, 1.807) is 6.92 Å². The fourth-order valence-electron chi connectivity index (χ4n) is 3.19. The van der Waals surface area contributed by atoms with Crippen molar-refractivity contribution in [2.45, 2.75) is 83.6 Å². The highest BCUT2D eigenvalue weighted by molar-refractivity contribution is 6.84. The van der Waals surface area contributed by atoms with Gasteiger partial charge in [0.2, 0.25) is 0 Å². The zero-order chi connectivity index (χ0) is 19.6. The Labute approximate surface area is 161 Å². The van der Waals surface area contributed by atoms with Gasteiger partial charge in [-0.25, -0.2) is 4.79 Å². The topological polar surface area (TPSA) is 54.0 Å². The first-order valence-electron chi connectivity index (χ1n) is 9.87. The molecule has 152 valence electrons. The molecule has 0 bridgehead atoms. The van der Waals surface area contributed by atoms with E-state index in [1.807, 2.05) is 0 Å². The molecule has 1 atom stereocenters. The molecule has 1 unspecified atom stereocenters. The number of esters is 1. The van der Waals surface area contributed by atoms with Crippen LogP contribution in [0.15, 0.2) is 12.2 Å². The number of ether oxygens (including phenoxy) is 3. The minimum absolute atomic E-state index is 0.00201. The summed E-state index contributed by atoms with van der Waals surface area (Å²) >= 11 is 0. The highest BCUT2D eigenvalue weighted by Gasteiger charge is 2.32. The molecule has 1 aliphatic rings. The Hall–Kier alpha value is -0.476. The molecule has 0 spiro atoms. The van der Waals surface area contributed by atoms with E-state index in [-0.39, 0.29) is 12.3 Å². The van der Waals surface area contributed by atoms with Gasteiger partial charge in [-0.05, 0) is 77.3 Å². The standard InChI is InChI=1S/C19H38O5Si2/c1-17(2)19(20)23-14-10-16-26(5,6)24-25(3,4)15-9-13-22-18-11-7-8-12-21-18/h18H,1,7-16H2,2-6H3. The first-order chi connectivity index (χ1) is 12.1. The van der Waals surface area contributed by atoms with Gasteiger partial charge in [-0.1, -0.05) is 6.58 Å². The van der Waals surface area contributed by atoms with Gasteiger partial charge in [-0.2, -0.15) is 0 Å². The Morgan fingerprint density at radius 2 is 1.69 bits per heavy atom. The fraction of sp³-hybridized carbons (Fsp3) is 0.842. The molecule has 0 aromatic carbocycles. The summed E-state index contributed by atoms with van der Waals surface area (Å²) in [6.45, 7) is 16.4. The summed E-state index contributed by atoms with van der Waals surface area (Å²) < 4.78 is 23.2. The van der Waals surface area contributed by atoms with Crippen LogP contribution in [0.5, 0.6) is 0 Å². The second-order valence-corrected chi connectivity index (χ2v) is 17.3. The van der Waals surface area contributed by atoms with Crippen molar-refractivity contribution >= 4 is 22.6 Å². The molecule has 0 N–H and O–H groups in total. The minimum atomic E-state index is -1.75. The lowest BCUT2D eigenvalue weighted by Gasteiger charge is -2.34. The van der Waals surface area contributed by atoms with Gasteiger partial charge in [0.25, 0.3) is 0 Å². The molecule has 1 heterocycles. The molecule has 0 aromatic rings. The van der Waals surface area contributed by atoms with Crippen LogP contribution in [0.25, 0.3) is 0 Å². The molecule has 1 fully saturated rings. The van der Waals surface area contributed by atoms with Crippen molar-refractivity contribution < 1.29 is 23.1 Å². The third-order valence-electron chi connectivity index (χ3n) is 4.42. The average molecular weight is 403 g/mol. The van der Waals surface area contributed by atoms with Crippen LogP contribution >= 0.6 is 0 Å². The second-order valence-electron chi connectivity index (χ2n) is 8.41. The predicted octanol–water partition coefficient (Wildman–Crippen LogP) is 4.86. The molecule has 0 aliphatic carbocycles. The Morgan fingerprint density at radius 3 is 2.23 bits per heavy atom. The quantitative estimate of drug-likeness (QED) is 0.202. The Morgan fingerprint density at radius 1 is 1.08 bits per heavy atom. The maximum atomic E-state index is 11.4. The number of hydrogen-bond donors (Lipinski definition) is 0. The Balaban J connectivity index is 2.20. The fourth-order valence-corrected chi connectivity index (χ4v) is 12.0. The molecule has 7 heteroatoms. The van der Waals surface area contributed by atoms with Crippen LogP contribution in [0.4, 0.5) is 0 Å². The maximum absolute atomic E-state index is 11.4. The van der Waals surface area contributed by atoms with Crippen LogP contribution < -0.4 is 0 Å². The highest BCUT2D eigenvalue weighted by atomic mass is 28.4. The van der Waals surface area contributed by atoms with Crippen molar-refractivity contribution in [2.24, 2.45) is 0 Å². The van der Waals surface area contributed by atoms with Gasteiger partial charge in [0.05, 0.1) is 6.61 Å². The number of carbonyl (C=O) groups excluding carboxylic acids is 1. The van der Waals surface area contributed by atoms with E-state index in [4.69, 9.17) is 18.3 Å². The van der Waals surface area contributed by atoms with E-state index >= 15 is 0 Å².